The van der Waals surface area contributed by atoms with Crippen LogP contribution in [0.3, 0.4) is 0 Å². The molecular weight excluding hydrogens is 306 g/mol. The van der Waals surface area contributed by atoms with Crippen LogP contribution < -0.4 is 0 Å². The molecule has 2 aromatic heterocycles. The van der Waals surface area contributed by atoms with Gasteiger partial charge in [0.1, 0.15) is 11.3 Å². The molecule has 6 heteroatoms. The molecule has 0 radical (unpaired) electrons. The van der Waals surface area contributed by atoms with Crippen LogP contribution in [0.4, 0.5) is 0 Å². The molecule has 126 valence electrons. The van der Waals surface area contributed by atoms with Crippen molar-refractivity contribution in [3.63, 3.8) is 0 Å². The summed E-state index contributed by atoms with van der Waals surface area (Å²) in [5.41, 5.74) is 2.33. The molecule has 1 N–H and O–H groups in total. The average molecular weight is 327 g/mol. The van der Waals surface area contributed by atoms with E-state index in [0.29, 0.717) is 31.2 Å². The zero-order valence-corrected chi connectivity index (χ0v) is 14.2. The second-order valence-electron chi connectivity index (χ2n) is 6.83. The average Bonchev–Trinajstić information content (AvgIpc) is 3.20. The van der Waals surface area contributed by atoms with Crippen LogP contribution in [0.25, 0.3) is 11.0 Å². The van der Waals surface area contributed by atoms with Crippen molar-refractivity contribution in [2.24, 2.45) is 0 Å². The summed E-state index contributed by atoms with van der Waals surface area (Å²) in [6, 6.07) is 6.31. The lowest BCUT2D eigenvalue weighted by Gasteiger charge is -2.18. The van der Waals surface area contributed by atoms with Gasteiger partial charge in [0.25, 0.3) is 5.89 Å². The van der Waals surface area contributed by atoms with Gasteiger partial charge in [0, 0.05) is 18.5 Å². The van der Waals surface area contributed by atoms with E-state index < -0.39 is 5.60 Å². The maximum atomic E-state index is 10.8. The topological polar surface area (TPSA) is 75.5 Å². The Morgan fingerprint density at radius 3 is 2.75 bits per heavy atom. The molecule has 1 atom stereocenters. The Morgan fingerprint density at radius 2 is 2.00 bits per heavy atom. The number of benzene rings is 1. The number of furan rings is 1. The number of aryl methyl sites for hydroxylation is 3. The third-order valence-electron chi connectivity index (χ3n) is 4.82. The van der Waals surface area contributed by atoms with E-state index >= 15 is 0 Å². The van der Waals surface area contributed by atoms with Gasteiger partial charge in [-0.15, -0.1) is 0 Å². The number of aliphatic hydroxyl groups is 1. The standard InChI is InChI=1S/C18H21N3O3/c1-11-6-14-8-15(23-16(14)7-12(11)2)9-21-5-4-18(22,10-21)17-19-13(3)20-24-17/h6-8,22H,4-5,9-10H2,1-3H3. The first-order valence-corrected chi connectivity index (χ1v) is 8.18. The number of hydrogen-bond acceptors (Lipinski definition) is 6. The predicted octanol–water partition coefficient (Wildman–Crippen LogP) is 2.83. The van der Waals surface area contributed by atoms with E-state index in [1.807, 2.05) is 0 Å². The van der Waals surface area contributed by atoms with Gasteiger partial charge in [0.15, 0.2) is 11.4 Å². The van der Waals surface area contributed by atoms with E-state index in [4.69, 9.17) is 8.94 Å². The SMILES string of the molecule is Cc1noc(C2(O)CCN(Cc3cc4cc(C)c(C)cc4o3)C2)n1. The van der Waals surface area contributed by atoms with Crippen molar-refractivity contribution in [1.29, 1.82) is 0 Å². The van der Waals surface area contributed by atoms with E-state index in [0.717, 1.165) is 23.3 Å². The molecule has 6 nitrogen and oxygen atoms in total. The maximum absolute atomic E-state index is 10.8. The minimum absolute atomic E-state index is 0.304. The van der Waals surface area contributed by atoms with Gasteiger partial charge in [-0.25, -0.2) is 0 Å². The highest BCUT2D eigenvalue weighted by Crippen LogP contribution is 2.32. The molecule has 0 amide bonds. The van der Waals surface area contributed by atoms with Crippen LogP contribution in [-0.4, -0.2) is 33.2 Å². The fraction of sp³-hybridized carbons (Fsp3) is 0.444. The zero-order chi connectivity index (χ0) is 16.9. The van der Waals surface area contributed by atoms with Crippen LogP contribution in [0.5, 0.6) is 0 Å². The first-order chi connectivity index (χ1) is 11.4. The summed E-state index contributed by atoms with van der Waals surface area (Å²) in [6.45, 7) is 7.82. The van der Waals surface area contributed by atoms with Gasteiger partial charge in [-0.05, 0) is 56.5 Å². The van der Waals surface area contributed by atoms with Crippen LogP contribution >= 0.6 is 0 Å². The molecule has 0 bridgehead atoms. The zero-order valence-electron chi connectivity index (χ0n) is 14.2. The minimum atomic E-state index is -1.07. The molecule has 1 aliphatic rings. The molecule has 1 aliphatic heterocycles. The number of nitrogens with zero attached hydrogens (tertiary/aromatic N) is 3. The first kappa shape index (κ1) is 15.4. The molecule has 0 saturated carbocycles. The van der Waals surface area contributed by atoms with Crippen molar-refractivity contribution >= 4 is 11.0 Å². The van der Waals surface area contributed by atoms with Crippen molar-refractivity contribution in [2.45, 2.75) is 39.3 Å². The Morgan fingerprint density at radius 1 is 1.21 bits per heavy atom. The normalized spacial score (nSPS) is 21.8. The second-order valence-corrected chi connectivity index (χ2v) is 6.83. The van der Waals surface area contributed by atoms with Gasteiger partial charge in [0.05, 0.1) is 6.54 Å². The summed E-state index contributed by atoms with van der Waals surface area (Å²) >= 11 is 0. The molecule has 0 aliphatic carbocycles. The van der Waals surface area contributed by atoms with Gasteiger partial charge in [-0.3, -0.25) is 4.90 Å². The van der Waals surface area contributed by atoms with Gasteiger partial charge in [0.2, 0.25) is 0 Å². The second kappa shape index (κ2) is 5.43. The fourth-order valence-electron chi connectivity index (χ4n) is 3.32. The quantitative estimate of drug-likeness (QED) is 0.797. The molecule has 3 heterocycles. The van der Waals surface area contributed by atoms with Gasteiger partial charge >= 0.3 is 0 Å². The predicted molar refractivity (Wildman–Crippen MR) is 88.5 cm³/mol. The molecular formula is C18H21N3O3. The third-order valence-corrected chi connectivity index (χ3v) is 4.82. The molecule has 1 saturated heterocycles. The number of likely N-dealkylation sites (tertiary alicyclic amines) is 1. The molecule has 1 aromatic carbocycles. The van der Waals surface area contributed by atoms with Crippen LogP contribution in [0.15, 0.2) is 27.1 Å². The van der Waals surface area contributed by atoms with Crippen molar-refractivity contribution in [2.75, 3.05) is 13.1 Å². The highest BCUT2D eigenvalue weighted by Gasteiger charge is 2.42. The lowest BCUT2D eigenvalue weighted by molar-refractivity contribution is 0.0126. The maximum Gasteiger partial charge on any atom is 0.259 e. The van der Waals surface area contributed by atoms with E-state index in [-0.39, 0.29) is 0 Å². The van der Waals surface area contributed by atoms with Crippen LogP contribution in [0.2, 0.25) is 0 Å². The van der Waals surface area contributed by atoms with Crippen LogP contribution in [0.1, 0.15) is 35.0 Å². The van der Waals surface area contributed by atoms with E-state index in [9.17, 15) is 5.11 Å². The highest BCUT2D eigenvalue weighted by atomic mass is 16.5. The Balaban J connectivity index is 1.52. The van der Waals surface area contributed by atoms with Gasteiger partial charge in [-0.2, -0.15) is 4.98 Å². The third kappa shape index (κ3) is 2.61. The number of hydrogen-bond donors (Lipinski definition) is 1. The smallest absolute Gasteiger partial charge is 0.259 e. The Kier molecular flexibility index (Phi) is 3.47. The van der Waals surface area contributed by atoms with Crippen molar-refractivity contribution in [3.8, 4) is 0 Å². The number of β-amino-alcohol motifs (C(OH)–C–C–N with tert-alkyl or cyclic N) is 1. The summed E-state index contributed by atoms with van der Waals surface area (Å²) in [5, 5.41) is 15.7. The summed E-state index contributed by atoms with van der Waals surface area (Å²) in [6.07, 6.45) is 0.576. The molecule has 3 aromatic rings. The van der Waals surface area contributed by atoms with E-state index in [1.54, 1.807) is 6.92 Å². The van der Waals surface area contributed by atoms with Crippen molar-refractivity contribution in [3.05, 3.63) is 46.8 Å². The number of rotatable bonds is 3. The van der Waals surface area contributed by atoms with Crippen LogP contribution in [0, 0.1) is 20.8 Å². The largest absolute Gasteiger partial charge is 0.460 e. The molecule has 1 unspecified atom stereocenters. The lowest BCUT2D eigenvalue weighted by atomic mass is 10.0. The highest BCUT2D eigenvalue weighted by molar-refractivity contribution is 5.79. The molecule has 4 rings (SSSR count). The Labute approximate surface area is 140 Å². The summed E-state index contributed by atoms with van der Waals surface area (Å²) < 4.78 is 11.1. The Hall–Kier alpha value is -2.18. The molecule has 1 fully saturated rings. The number of aromatic nitrogens is 2. The molecule has 24 heavy (non-hydrogen) atoms. The Bertz CT molecular complexity index is 859. The van der Waals surface area contributed by atoms with Crippen LogP contribution in [-0.2, 0) is 12.1 Å². The lowest BCUT2D eigenvalue weighted by Crippen LogP contribution is -2.30. The van der Waals surface area contributed by atoms with Gasteiger partial charge < -0.3 is 14.0 Å². The van der Waals surface area contributed by atoms with Gasteiger partial charge in [-0.1, -0.05) is 5.16 Å². The summed E-state index contributed by atoms with van der Waals surface area (Å²) in [7, 11) is 0. The first-order valence-electron chi connectivity index (χ1n) is 8.18. The minimum Gasteiger partial charge on any atom is -0.460 e. The fourth-order valence-corrected chi connectivity index (χ4v) is 3.32. The van der Waals surface area contributed by atoms with Crippen molar-refractivity contribution in [1.82, 2.24) is 15.0 Å². The molecule has 0 spiro atoms. The van der Waals surface area contributed by atoms with Crippen molar-refractivity contribution < 1.29 is 14.0 Å². The number of fused-ring (bicyclic) bond motifs is 1. The van der Waals surface area contributed by atoms with E-state index in [1.165, 1.54) is 11.1 Å². The monoisotopic (exact) mass is 327 g/mol. The summed E-state index contributed by atoms with van der Waals surface area (Å²) in [4.78, 5) is 6.33. The van der Waals surface area contributed by atoms with E-state index in [2.05, 4.69) is 47.1 Å². The summed E-state index contributed by atoms with van der Waals surface area (Å²) in [5.74, 6) is 1.75.